The van der Waals surface area contributed by atoms with Crippen molar-refractivity contribution in [2.75, 3.05) is 25.7 Å². The summed E-state index contributed by atoms with van der Waals surface area (Å²) in [6.45, 7) is 0. The van der Waals surface area contributed by atoms with E-state index in [0.29, 0.717) is 0 Å². The van der Waals surface area contributed by atoms with Gasteiger partial charge in [-0.25, -0.2) is 0 Å². The molecule has 2 nitrogen and oxygen atoms in total. The Labute approximate surface area is 156 Å². The van der Waals surface area contributed by atoms with E-state index in [1.165, 1.54) is 21.9 Å². The summed E-state index contributed by atoms with van der Waals surface area (Å²) in [6, 6.07) is 21.5. The Morgan fingerprint density at radius 1 is 0.800 bits per heavy atom. The van der Waals surface area contributed by atoms with E-state index in [-0.39, 0.29) is 4.08 Å². The van der Waals surface area contributed by atoms with Gasteiger partial charge in [0, 0.05) is 17.6 Å². The number of thioether (sulfide) groups is 2. The number of methoxy groups -OCH3 is 2. The summed E-state index contributed by atoms with van der Waals surface area (Å²) in [4.78, 5) is 0. The van der Waals surface area contributed by atoms with Crippen molar-refractivity contribution in [3.05, 3.63) is 71.8 Å². The van der Waals surface area contributed by atoms with Crippen molar-refractivity contribution in [2.45, 2.75) is 4.08 Å². The van der Waals surface area contributed by atoms with Gasteiger partial charge in [-0.3, -0.25) is 0 Å². The van der Waals surface area contributed by atoms with Crippen molar-refractivity contribution >= 4 is 34.3 Å². The molecule has 0 saturated carbocycles. The van der Waals surface area contributed by atoms with Crippen molar-refractivity contribution in [2.24, 2.45) is 0 Å². The minimum absolute atomic E-state index is 0.136. The van der Waals surface area contributed by atoms with Crippen LogP contribution >= 0.6 is 23.5 Å². The fourth-order valence-corrected chi connectivity index (χ4v) is 6.71. The van der Waals surface area contributed by atoms with Gasteiger partial charge in [-0.1, -0.05) is 42.5 Å². The molecule has 0 atom stereocenters. The summed E-state index contributed by atoms with van der Waals surface area (Å²) < 4.78 is 10.9. The summed E-state index contributed by atoms with van der Waals surface area (Å²) in [5.41, 5.74) is 2.58. The lowest BCUT2D eigenvalue weighted by molar-refractivity contribution is 0.393. The lowest BCUT2D eigenvalue weighted by Gasteiger charge is -2.30. The molecule has 1 aliphatic rings. The fourth-order valence-electron chi connectivity index (χ4n) is 3.40. The molecule has 0 radical (unpaired) electrons. The Bertz CT molecular complexity index is 874. The van der Waals surface area contributed by atoms with E-state index in [4.69, 9.17) is 9.47 Å². The maximum absolute atomic E-state index is 5.53. The second-order valence-electron chi connectivity index (χ2n) is 5.94. The van der Waals surface area contributed by atoms with Gasteiger partial charge in [0.05, 0.1) is 14.2 Å². The highest BCUT2D eigenvalue weighted by Crippen LogP contribution is 2.58. The minimum Gasteiger partial charge on any atom is -0.497 e. The topological polar surface area (TPSA) is 18.5 Å². The lowest BCUT2D eigenvalue weighted by Crippen LogP contribution is -2.17. The zero-order valence-electron chi connectivity index (χ0n) is 14.3. The Kier molecular flexibility index (Phi) is 4.57. The molecule has 1 saturated heterocycles. The third-order valence-electron chi connectivity index (χ3n) is 4.57. The monoisotopic (exact) mass is 368 g/mol. The smallest absolute Gasteiger partial charge is 0.122 e. The van der Waals surface area contributed by atoms with Crippen LogP contribution in [0.2, 0.25) is 0 Å². The molecule has 0 aliphatic carbocycles. The van der Waals surface area contributed by atoms with Crippen LogP contribution in [0.15, 0.2) is 60.7 Å². The first-order valence-corrected chi connectivity index (χ1v) is 10.2. The molecule has 1 fully saturated rings. The van der Waals surface area contributed by atoms with Gasteiger partial charge in [0.15, 0.2) is 0 Å². The van der Waals surface area contributed by atoms with Crippen LogP contribution in [0.5, 0.6) is 11.5 Å². The molecule has 1 heterocycles. The molecule has 0 aromatic heterocycles. The maximum atomic E-state index is 5.53. The van der Waals surface area contributed by atoms with Crippen molar-refractivity contribution in [3.63, 3.8) is 0 Å². The molecule has 3 aromatic rings. The van der Waals surface area contributed by atoms with Crippen molar-refractivity contribution in [3.8, 4) is 11.5 Å². The first-order valence-electron chi connectivity index (χ1n) is 8.26. The molecular formula is C21H20O2S2. The molecule has 25 heavy (non-hydrogen) atoms. The number of rotatable bonds is 4. The van der Waals surface area contributed by atoms with E-state index in [1.54, 1.807) is 14.2 Å². The first-order chi connectivity index (χ1) is 12.3. The largest absolute Gasteiger partial charge is 0.497 e. The predicted octanol–water partition coefficient (Wildman–Crippen LogP) is 5.54. The number of hydrogen-bond acceptors (Lipinski definition) is 4. The van der Waals surface area contributed by atoms with Gasteiger partial charge in [0.1, 0.15) is 15.6 Å². The van der Waals surface area contributed by atoms with E-state index in [0.717, 1.165) is 23.0 Å². The molecular weight excluding hydrogens is 348 g/mol. The molecule has 128 valence electrons. The lowest BCUT2D eigenvalue weighted by atomic mass is 9.97. The van der Waals surface area contributed by atoms with Crippen LogP contribution in [-0.2, 0) is 4.08 Å². The van der Waals surface area contributed by atoms with Crippen LogP contribution in [-0.4, -0.2) is 25.7 Å². The zero-order valence-corrected chi connectivity index (χ0v) is 16.0. The fraction of sp³-hybridized carbons (Fsp3) is 0.238. The summed E-state index contributed by atoms with van der Waals surface area (Å²) in [5, 5.41) is 2.59. The maximum Gasteiger partial charge on any atom is 0.122 e. The van der Waals surface area contributed by atoms with Crippen LogP contribution < -0.4 is 9.47 Å². The molecule has 0 amide bonds. The summed E-state index contributed by atoms with van der Waals surface area (Å²) in [7, 11) is 3.41. The van der Waals surface area contributed by atoms with Gasteiger partial charge in [0.25, 0.3) is 0 Å². The van der Waals surface area contributed by atoms with Gasteiger partial charge in [-0.2, -0.15) is 0 Å². The zero-order chi connectivity index (χ0) is 17.3. The molecule has 0 N–H and O–H groups in total. The molecule has 4 heteroatoms. The number of hydrogen-bond donors (Lipinski definition) is 0. The normalized spacial score (nSPS) is 16.1. The van der Waals surface area contributed by atoms with Crippen LogP contribution in [0, 0.1) is 0 Å². The van der Waals surface area contributed by atoms with Gasteiger partial charge in [0.2, 0.25) is 0 Å². The van der Waals surface area contributed by atoms with Crippen molar-refractivity contribution in [1.29, 1.82) is 0 Å². The van der Waals surface area contributed by atoms with Gasteiger partial charge in [-0.05, 0) is 34.0 Å². The SMILES string of the molecule is COc1cc(OC)cc(C2(c3cccc4ccccc34)SCCS2)c1. The van der Waals surface area contributed by atoms with Gasteiger partial charge < -0.3 is 9.47 Å². The van der Waals surface area contributed by atoms with E-state index < -0.39 is 0 Å². The standard InChI is InChI=1S/C21H20O2S2/c1-22-17-12-16(13-18(14-17)23-2)21(24-10-11-25-21)20-9-5-7-15-6-3-4-8-19(15)20/h3-9,12-14H,10-11H2,1-2H3. The molecule has 0 unspecified atom stereocenters. The van der Waals surface area contributed by atoms with E-state index in [1.807, 2.05) is 29.6 Å². The number of ether oxygens (including phenoxy) is 2. The summed E-state index contributed by atoms with van der Waals surface area (Å²) in [6.07, 6.45) is 0. The minimum atomic E-state index is -0.136. The Morgan fingerprint density at radius 3 is 2.12 bits per heavy atom. The molecule has 0 spiro atoms. The Morgan fingerprint density at radius 2 is 1.44 bits per heavy atom. The van der Waals surface area contributed by atoms with Crippen LogP contribution in [0.1, 0.15) is 11.1 Å². The average Bonchev–Trinajstić information content (AvgIpc) is 3.18. The first kappa shape index (κ1) is 16.7. The quantitative estimate of drug-likeness (QED) is 0.602. The Balaban J connectivity index is 1.97. The van der Waals surface area contributed by atoms with Crippen LogP contribution in [0.3, 0.4) is 0 Å². The molecule has 3 aromatic carbocycles. The highest BCUT2D eigenvalue weighted by molar-refractivity contribution is 8.20. The highest BCUT2D eigenvalue weighted by Gasteiger charge is 2.41. The molecule has 4 rings (SSSR count). The van der Waals surface area contributed by atoms with E-state index in [2.05, 4.69) is 54.6 Å². The van der Waals surface area contributed by atoms with E-state index >= 15 is 0 Å². The predicted molar refractivity (Wildman–Crippen MR) is 109 cm³/mol. The third-order valence-corrected chi connectivity index (χ3v) is 8.08. The van der Waals surface area contributed by atoms with Gasteiger partial charge in [-0.15, -0.1) is 23.5 Å². The molecule has 0 bridgehead atoms. The number of fused-ring (bicyclic) bond motifs is 1. The third kappa shape index (κ3) is 2.87. The van der Waals surface area contributed by atoms with Crippen LogP contribution in [0.25, 0.3) is 10.8 Å². The summed E-state index contributed by atoms with van der Waals surface area (Å²) in [5.74, 6) is 3.94. The van der Waals surface area contributed by atoms with Crippen LogP contribution in [0.4, 0.5) is 0 Å². The second-order valence-corrected chi connectivity index (χ2v) is 8.82. The summed E-state index contributed by atoms with van der Waals surface area (Å²) >= 11 is 4.00. The average molecular weight is 369 g/mol. The van der Waals surface area contributed by atoms with Gasteiger partial charge >= 0.3 is 0 Å². The highest BCUT2D eigenvalue weighted by atomic mass is 32.2. The Hall–Kier alpha value is -1.78. The molecule has 1 aliphatic heterocycles. The number of benzene rings is 3. The second kappa shape index (κ2) is 6.85. The van der Waals surface area contributed by atoms with Crippen molar-refractivity contribution < 1.29 is 9.47 Å². The van der Waals surface area contributed by atoms with Crippen molar-refractivity contribution in [1.82, 2.24) is 0 Å². The van der Waals surface area contributed by atoms with E-state index in [9.17, 15) is 0 Å².